The molecule has 2 aromatic carbocycles. The maximum absolute atomic E-state index is 6.10. The van der Waals surface area contributed by atoms with Crippen molar-refractivity contribution in [1.29, 1.82) is 0 Å². The smallest absolute Gasteiger partial charge is 0.133 e. The number of aryl methyl sites for hydroxylation is 2. The van der Waals surface area contributed by atoms with E-state index in [1.165, 1.54) is 5.56 Å². The first kappa shape index (κ1) is 13.3. The van der Waals surface area contributed by atoms with Crippen LogP contribution in [-0.2, 0) is 5.88 Å². The van der Waals surface area contributed by atoms with Crippen molar-refractivity contribution in [2.45, 2.75) is 19.7 Å². The Hall–Kier alpha value is -1.18. The molecule has 2 aromatic rings. The largest absolute Gasteiger partial charge is 0.457 e. The summed E-state index contributed by atoms with van der Waals surface area (Å²) in [7, 11) is 0. The Labute approximate surface area is 117 Å². The van der Waals surface area contributed by atoms with E-state index in [0.29, 0.717) is 16.7 Å². The summed E-state index contributed by atoms with van der Waals surface area (Å²) in [5.74, 6) is 1.87. The molecule has 0 bridgehead atoms. The van der Waals surface area contributed by atoms with E-state index in [-0.39, 0.29) is 0 Å². The lowest BCUT2D eigenvalue weighted by Gasteiger charge is -2.13. The predicted molar refractivity (Wildman–Crippen MR) is 77.0 cm³/mol. The molecule has 0 radical (unpaired) electrons. The SMILES string of the molecule is Cc1ccc(Oc2cccc(Cl)c2CCl)c(C)c1. The lowest BCUT2D eigenvalue weighted by Crippen LogP contribution is -1.92. The fourth-order valence-electron chi connectivity index (χ4n) is 1.80. The Morgan fingerprint density at radius 1 is 1.06 bits per heavy atom. The monoisotopic (exact) mass is 280 g/mol. The van der Waals surface area contributed by atoms with Crippen LogP contribution in [0.2, 0.25) is 5.02 Å². The first-order chi connectivity index (χ1) is 8.61. The topological polar surface area (TPSA) is 9.23 Å². The number of ether oxygens (including phenoxy) is 1. The van der Waals surface area contributed by atoms with Gasteiger partial charge in [-0.2, -0.15) is 0 Å². The van der Waals surface area contributed by atoms with Crippen LogP contribution in [0.5, 0.6) is 11.5 Å². The Kier molecular flexibility index (Phi) is 4.15. The molecule has 0 aliphatic carbocycles. The van der Waals surface area contributed by atoms with Gasteiger partial charge in [-0.05, 0) is 37.6 Å². The standard InChI is InChI=1S/C15H14Cl2O/c1-10-6-7-14(11(2)8-10)18-15-5-3-4-13(17)12(15)9-16/h3-8H,9H2,1-2H3. The highest BCUT2D eigenvalue weighted by molar-refractivity contribution is 6.32. The van der Waals surface area contributed by atoms with Gasteiger partial charge in [-0.1, -0.05) is 35.4 Å². The van der Waals surface area contributed by atoms with Crippen molar-refractivity contribution < 1.29 is 4.74 Å². The summed E-state index contributed by atoms with van der Waals surface area (Å²) in [5, 5.41) is 0.632. The maximum Gasteiger partial charge on any atom is 0.133 e. The van der Waals surface area contributed by atoms with Gasteiger partial charge in [0.25, 0.3) is 0 Å². The molecule has 0 amide bonds. The number of halogens is 2. The minimum absolute atomic E-state index is 0.333. The van der Waals surface area contributed by atoms with Gasteiger partial charge in [0.1, 0.15) is 11.5 Å². The van der Waals surface area contributed by atoms with Crippen molar-refractivity contribution in [3.05, 3.63) is 58.1 Å². The maximum atomic E-state index is 6.10. The molecule has 0 saturated heterocycles. The van der Waals surface area contributed by atoms with Crippen LogP contribution >= 0.6 is 23.2 Å². The van der Waals surface area contributed by atoms with E-state index >= 15 is 0 Å². The van der Waals surface area contributed by atoms with Gasteiger partial charge in [-0.3, -0.25) is 0 Å². The molecule has 94 valence electrons. The Bertz CT molecular complexity index is 564. The Balaban J connectivity index is 2.37. The molecule has 3 heteroatoms. The lowest BCUT2D eigenvalue weighted by molar-refractivity contribution is 0.474. The molecule has 0 aromatic heterocycles. The van der Waals surface area contributed by atoms with Gasteiger partial charge in [-0.25, -0.2) is 0 Å². The van der Waals surface area contributed by atoms with Crippen molar-refractivity contribution in [3.8, 4) is 11.5 Å². The Morgan fingerprint density at radius 3 is 2.50 bits per heavy atom. The highest BCUT2D eigenvalue weighted by Crippen LogP contribution is 2.33. The molecular formula is C15H14Cl2O. The van der Waals surface area contributed by atoms with E-state index in [1.807, 2.05) is 37.3 Å². The number of alkyl halides is 1. The summed E-state index contributed by atoms with van der Waals surface area (Å²) < 4.78 is 5.90. The van der Waals surface area contributed by atoms with Gasteiger partial charge >= 0.3 is 0 Å². The van der Waals surface area contributed by atoms with E-state index < -0.39 is 0 Å². The molecule has 2 rings (SSSR count). The van der Waals surface area contributed by atoms with Crippen LogP contribution in [0.15, 0.2) is 36.4 Å². The van der Waals surface area contributed by atoms with Gasteiger partial charge in [0.15, 0.2) is 0 Å². The van der Waals surface area contributed by atoms with Crippen molar-refractivity contribution in [2.75, 3.05) is 0 Å². The highest BCUT2D eigenvalue weighted by Gasteiger charge is 2.09. The van der Waals surface area contributed by atoms with Crippen molar-refractivity contribution in [1.82, 2.24) is 0 Å². The normalized spacial score (nSPS) is 10.4. The first-order valence-corrected chi connectivity index (χ1v) is 6.61. The van der Waals surface area contributed by atoms with E-state index in [1.54, 1.807) is 0 Å². The third kappa shape index (κ3) is 2.80. The van der Waals surface area contributed by atoms with E-state index in [4.69, 9.17) is 27.9 Å². The number of rotatable bonds is 3. The second kappa shape index (κ2) is 5.64. The van der Waals surface area contributed by atoms with E-state index in [9.17, 15) is 0 Å². The van der Waals surface area contributed by atoms with E-state index in [0.717, 1.165) is 16.9 Å². The molecule has 0 aliphatic rings. The predicted octanol–water partition coefficient (Wildman–Crippen LogP) is 5.49. The fraction of sp³-hybridized carbons (Fsp3) is 0.200. The summed E-state index contributed by atoms with van der Waals surface area (Å²) in [5.41, 5.74) is 3.12. The van der Waals surface area contributed by atoms with Crippen LogP contribution in [0.4, 0.5) is 0 Å². The van der Waals surface area contributed by atoms with Crippen molar-refractivity contribution >= 4 is 23.2 Å². The molecule has 1 nitrogen and oxygen atoms in total. The van der Waals surface area contributed by atoms with Gasteiger partial charge in [-0.15, -0.1) is 11.6 Å². The summed E-state index contributed by atoms with van der Waals surface area (Å²) in [6.45, 7) is 4.08. The molecule has 0 fully saturated rings. The van der Waals surface area contributed by atoms with Gasteiger partial charge in [0.2, 0.25) is 0 Å². The zero-order valence-electron chi connectivity index (χ0n) is 10.3. The van der Waals surface area contributed by atoms with Gasteiger partial charge in [0.05, 0.1) is 5.88 Å². The van der Waals surface area contributed by atoms with Crippen LogP contribution < -0.4 is 4.74 Å². The quantitative estimate of drug-likeness (QED) is 0.676. The number of hydrogen-bond acceptors (Lipinski definition) is 1. The average molecular weight is 281 g/mol. The van der Waals surface area contributed by atoms with Crippen LogP contribution in [-0.4, -0.2) is 0 Å². The Morgan fingerprint density at radius 2 is 1.83 bits per heavy atom. The molecule has 18 heavy (non-hydrogen) atoms. The zero-order valence-corrected chi connectivity index (χ0v) is 11.8. The lowest BCUT2D eigenvalue weighted by atomic mass is 10.1. The second-order valence-electron chi connectivity index (χ2n) is 4.22. The average Bonchev–Trinajstić information content (AvgIpc) is 2.33. The van der Waals surface area contributed by atoms with E-state index in [2.05, 4.69) is 13.0 Å². The molecule has 0 N–H and O–H groups in total. The van der Waals surface area contributed by atoms with Crippen LogP contribution in [0, 0.1) is 13.8 Å². The number of hydrogen-bond donors (Lipinski definition) is 0. The minimum Gasteiger partial charge on any atom is -0.457 e. The van der Waals surface area contributed by atoms with Gasteiger partial charge in [0, 0.05) is 10.6 Å². The van der Waals surface area contributed by atoms with Crippen LogP contribution in [0.25, 0.3) is 0 Å². The highest BCUT2D eigenvalue weighted by atomic mass is 35.5. The molecule has 0 aliphatic heterocycles. The molecule has 0 atom stereocenters. The summed E-state index contributed by atoms with van der Waals surface area (Å²) in [6.07, 6.45) is 0. The van der Waals surface area contributed by atoms with Crippen molar-refractivity contribution in [2.24, 2.45) is 0 Å². The third-order valence-electron chi connectivity index (χ3n) is 2.76. The fourth-order valence-corrected chi connectivity index (χ4v) is 2.37. The first-order valence-electron chi connectivity index (χ1n) is 5.70. The molecule has 0 unspecified atom stereocenters. The summed E-state index contributed by atoms with van der Waals surface area (Å²) >= 11 is 12.0. The van der Waals surface area contributed by atoms with Gasteiger partial charge < -0.3 is 4.74 Å². The second-order valence-corrected chi connectivity index (χ2v) is 4.90. The minimum atomic E-state index is 0.333. The summed E-state index contributed by atoms with van der Waals surface area (Å²) in [6, 6.07) is 11.6. The molecule has 0 saturated carbocycles. The molecule has 0 heterocycles. The molecule has 0 spiro atoms. The number of benzene rings is 2. The van der Waals surface area contributed by atoms with Crippen LogP contribution in [0.3, 0.4) is 0 Å². The van der Waals surface area contributed by atoms with Crippen LogP contribution in [0.1, 0.15) is 16.7 Å². The zero-order chi connectivity index (χ0) is 13.1. The van der Waals surface area contributed by atoms with Crippen molar-refractivity contribution in [3.63, 3.8) is 0 Å². The molecular weight excluding hydrogens is 267 g/mol. The summed E-state index contributed by atoms with van der Waals surface area (Å²) in [4.78, 5) is 0. The third-order valence-corrected chi connectivity index (χ3v) is 3.38.